The lowest BCUT2D eigenvalue weighted by atomic mass is 10.1. The van der Waals surface area contributed by atoms with E-state index in [9.17, 15) is 22.8 Å². The van der Waals surface area contributed by atoms with Crippen LogP contribution in [0.25, 0.3) is 16.7 Å². The van der Waals surface area contributed by atoms with E-state index in [0.717, 1.165) is 12.1 Å². The van der Waals surface area contributed by atoms with Gasteiger partial charge in [0.15, 0.2) is 5.16 Å². The Hall–Kier alpha value is -3.34. The van der Waals surface area contributed by atoms with Crippen LogP contribution in [-0.2, 0) is 23.3 Å². The number of halogens is 3. The molecule has 0 aliphatic carbocycles. The van der Waals surface area contributed by atoms with Gasteiger partial charge in [-0.25, -0.2) is 0 Å². The van der Waals surface area contributed by atoms with Gasteiger partial charge in [-0.2, -0.15) is 13.2 Å². The zero-order valence-electron chi connectivity index (χ0n) is 18.5. The zero-order valence-corrected chi connectivity index (χ0v) is 19.3. The lowest BCUT2D eigenvalue weighted by Crippen LogP contribution is -2.32. The summed E-state index contributed by atoms with van der Waals surface area (Å²) in [6.07, 6.45) is -4.33. The van der Waals surface area contributed by atoms with Gasteiger partial charge >= 0.3 is 6.18 Å². The molecule has 0 bridgehead atoms. The number of fused-ring (bicyclic) bond motifs is 3. The number of para-hydroxylation sites is 1. The molecule has 0 spiro atoms. The maximum atomic E-state index is 13.1. The molecule has 7 nitrogen and oxygen atoms in total. The predicted octanol–water partition coefficient (Wildman–Crippen LogP) is 4.27. The van der Waals surface area contributed by atoms with Gasteiger partial charge in [0.2, 0.25) is 11.7 Å². The summed E-state index contributed by atoms with van der Waals surface area (Å²) in [5.41, 5.74) is 0.0689. The average molecular weight is 490 g/mol. The van der Waals surface area contributed by atoms with Crippen LogP contribution in [-0.4, -0.2) is 31.1 Å². The van der Waals surface area contributed by atoms with Gasteiger partial charge in [-0.1, -0.05) is 42.1 Å². The molecule has 4 aromatic rings. The van der Waals surface area contributed by atoms with Crippen LogP contribution in [0.4, 0.5) is 13.2 Å². The first-order chi connectivity index (χ1) is 16.1. The third-order valence-electron chi connectivity index (χ3n) is 5.11. The molecule has 2 aromatic carbocycles. The van der Waals surface area contributed by atoms with E-state index < -0.39 is 11.7 Å². The number of nitrogens with zero attached hydrogens (tertiary/aromatic N) is 4. The minimum atomic E-state index is -4.42. The second-order valence-corrected chi connectivity index (χ2v) is 8.99. The highest BCUT2D eigenvalue weighted by Gasteiger charge is 2.30. The van der Waals surface area contributed by atoms with E-state index in [1.807, 2.05) is 13.8 Å². The lowest BCUT2D eigenvalue weighted by Gasteiger charge is -2.12. The number of nitrogens with one attached hydrogen (secondary N) is 1. The Morgan fingerprint density at radius 2 is 1.88 bits per heavy atom. The Balaban J connectivity index is 1.70. The first-order valence-corrected chi connectivity index (χ1v) is 11.6. The zero-order chi connectivity index (χ0) is 24.5. The van der Waals surface area contributed by atoms with Crippen LogP contribution in [0.2, 0.25) is 0 Å². The minimum absolute atomic E-state index is 0.0206. The smallest absolute Gasteiger partial charge is 0.354 e. The molecular weight excluding hydrogens is 467 g/mol. The molecule has 2 heterocycles. The summed E-state index contributed by atoms with van der Waals surface area (Å²) in [4.78, 5) is 25.3. The van der Waals surface area contributed by atoms with Crippen molar-refractivity contribution in [3.05, 3.63) is 70.0 Å². The largest absolute Gasteiger partial charge is 0.416 e. The maximum absolute atomic E-state index is 13.1. The van der Waals surface area contributed by atoms with Crippen molar-refractivity contribution in [3.63, 3.8) is 0 Å². The third-order valence-corrected chi connectivity index (χ3v) is 6.11. The number of carbonyl (C=O) groups excluding carboxylic acids is 1. The first kappa shape index (κ1) is 23.8. The first-order valence-electron chi connectivity index (χ1n) is 10.6. The normalized spacial score (nSPS) is 12.1. The Bertz CT molecular complexity index is 1410. The molecule has 178 valence electrons. The van der Waals surface area contributed by atoms with Crippen molar-refractivity contribution in [2.75, 3.05) is 0 Å². The van der Waals surface area contributed by atoms with Gasteiger partial charge in [-0.3, -0.25) is 18.6 Å². The van der Waals surface area contributed by atoms with Crippen molar-refractivity contribution in [1.29, 1.82) is 0 Å². The van der Waals surface area contributed by atoms with Crippen molar-refractivity contribution in [3.8, 4) is 0 Å². The number of aromatic nitrogens is 4. The summed E-state index contributed by atoms with van der Waals surface area (Å²) < 4.78 is 42.3. The molecule has 2 aromatic heterocycles. The van der Waals surface area contributed by atoms with E-state index in [2.05, 4.69) is 15.5 Å². The number of amides is 1. The highest BCUT2D eigenvalue weighted by Crippen LogP contribution is 2.31. The van der Waals surface area contributed by atoms with Crippen molar-refractivity contribution in [1.82, 2.24) is 24.5 Å². The maximum Gasteiger partial charge on any atom is 0.416 e. The molecule has 0 fully saturated rings. The summed E-state index contributed by atoms with van der Waals surface area (Å²) in [6.45, 7) is 3.82. The van der Waals surface area contributed by atoms with Gasteiger partial charge in [0.05, 0.1) is 16.5 Å². The highest BCUT2D eigenvalue weighted by atomic mass is 32.2. The predicted molar refractivity (Wildman–Crippen MR) is 124 cm³/mol. The van der Waals surface area contributed by atoms with Crippen LogP contribution < -0.4 is 10.9 Å². The van der Waals surface area contributed by atoms with Crippen LogP contribution in [0.1, 0.15) is 31.4 Å². The number of rotatable bonds is 7. The van der Waals surface area contributed by atoms with Gasteiger partial charge in [-0.05, 0) is 37.6 Å². The second kappa shape index (κ2) is 9.49. The molecule has 11 heteroatoms. The van der Waals surface area contributed by atoms with Crippen molar-refractivity contribution in [2.24, 2.45) is 0 Å². The number of hydrogen-bond acceptors (Lipinski definition) is 5. The molecule has 0 aliphatic heterocycles. The SMILES string of the molecule is CC(C)NC(=O)CCn1c(=O)c2ccccc2n2c(SCc3cccc(C(F)(F)F)c3)nnc12. The Labute approximate surface area is 197 Å². The van der Waals surface area contributed by atoms with Crippen LogP contribution in [0, 0.1) is 0 Å². The fourth-order valence-electron chi connectivity index (χ4n) is 3.62. The molecule has 1 N–H and O–H groups in total. The topological polar surface area (TPSA) is 81.3 Å². The second-order valence-electron chi connectivity index (χ2n) is 8.05. The van der Waals surface area contributed by atoms with Crippen LogP contribution in [0.3, 0.4) is 0 Å². The van der Waals surface area contributed by atoms with E-state index in [4.69, 9.17) is 0 Å². The highest BCUT2D eigenvalue weighted by molar-refractivity contribution is 7.98. The number of hydrogen-bond donors (Lipinski definition) is 1. The van der Waals surface area contributed by atoms with Crippen LogP contribution >= 0.6 is 11.8 Å². The monoisotopic (exact) mass is 489 g/mol. The molecule has 1 amide bonds. The minimum Gasteiger partial charge on any atom is -0.354 e. The lowest BCUT2D eigenvalue weighted by molar-refractivity contribution is -0.137. The summed E-state index contributed by atoms with van der Waals surface area (Å²) in [5, 5.41) is 12.0. The van der Waals surface area contributed by atoms with E-state index in [0.29, 0.717) is 21.6 Å². The molecule has 4 rings (SSSR count). The number of alkyl halides is 3. The summed E-state index contributed by atoms with van der Waals surface area (Å²) in [7, 11) is 0. The average Bonchev–Trinajstić information content (AvgIpc) is 3.21. The molecule has 0 saturated carbocycles. The molecule has 34 heavy (non-hydrogen) atoms. The van der Waals surface area contributed by atoms with E-state index in [1.165, 1.54) is 22.4 Å². The standard InChI is InChI=1S/C23H22F3N5O2S/c1-14(2)27-19(32)10-11-30-20(33)17-8-3-4-9-18(17)31-21(30)28-29-22(31)34-13-15-6-5-7-16(12-15)23(24,25)26/h3-9,12,14H,10-11,13H2,1-2H3,(H,27,32). The molecule has 0 unspecified atom stereocenters. The van der Waals surface area contributed by atoms with Crippen LogP contribution in [0.15, 0.2) is 58.5 Å². The van der Waals surface area contributed by atoms with Crippen LogP contribution in [0.5, 0.6) is 0 Å². The molecule has 0 atom stereocenters. The third kappa shape index (κ3) is 4.93. The van der Waals surface area contributed by atoms with Gasteiger partial charge in [0.25, 0.3) is 5.56 Å². The Kier molecular flexibility index (Phi) is 6.65. The van der Waals surface area contributed by atoms with E-state index >= 15 is 0 Å². The van der Waals surface area contributed by atoms with Gasteiger partial charge in [0, 0.05) is 24.8 Å². The molecule has 0 aliphatic rings. The van der Waals surface area contributed by atoms with Gasteiger partial charge in [-0.15, -0.1) is 10.2 Å². The summed E-state index contributed by atoms with van der Waals surface area (Å²) >= 11 is 1.22. The van der Waals surface area contributed by atoms with E-state index in [-0.39, 0.29) is 42.0 Å². The number of carbonyl (C=O) groups is 1. The van der Waals surface area contributed by atoms with Crippen molar-refractivity contribution >= 4 is 34.3 Å². The fraction of sp³-hybridized carbons (Fsp3) is 0.304. The Morgan fingerprint density at radius 1 is 1.12 bits per heavy atom. The Morgan fingerprint density at radius 3 is 2.62 bits per heavy atom. The van der Waals surface area contributed by atoms with E-state index in [1.54, 1.807) is 34.7 Å². The van der Waals surface area contributed by atoms with Crippen molar-refractivity contribution in [2.45, 2.75) is 49.9 Å². The van der Waals surface area contributed by atoms with Gasteiger partial charge < -0.3 is 5.32 Å². The number of benzene rings is 2. The number of aryl methyl sites for hydroxylation is 1. The summed E-state index contributed by atoms with van der Waals surface area (Å²) in [5.74, 6) is 0.314. The van der Waals surface area contributed by atoms with Gasteiger partial charge in [0.1, 0.15) is 0 Å². The number of thioether (sulfide) groups is 1. The van der Waals surface area contributed by atoms with Crippen molar-refractivity contribution < 1.29 is 18.0 Å². The molecular formula is C23H22F3N5O2S. The quantitative estimate of drug-likeness (QED) is 0.392. The fourth-order valence-corrected chi connectivity index (χ4v) is 4.50. The summed E-state index contributed by atoms with van der Waals surface area (Å²) in [6, 6.07) is 12.1. The molecule has 0 radical (unpaired) electrons. The molecule has 0 saturated heterocycles.